The molecule has 0 radical (unpaired) electrons. The van der Waals surface area contributed by atoms with Gasteiger partial charge in [0.15, 0.2) is 11.5 Å². The lowest BCUT2D eigenvalue weighted by Gasteiger charge is -2.12. The molecule has 0 atom stereocenters. The van der Waals surface area contributed by atoms with Gasteiger partial charge in [-0.2, -0.15) is 5.26 Å². The molecule has 1 aromatic heterocycles. The van der Waals surface area contributed by atoms with E-state index in [-0.39, 0.29) is 22.9 Å². The molecule has 0 aliphatic rings. The van der Waals surface area contributed by atoms with Crippen molar-refractivity contribution >= 4 is 28.5 Å². The molecule has 0 aliphatic heterocycles. The van der Waals surface area contributed by atoms with Gasteiger partial charge in [-0.25, -0.2) is 0 Å². The Bertz CT molecular complexity index is 1030. The number of rotatable bonds is 6. The zero-order chi connectivity index (χ0) is 19.4. The van der Waals surface area contributed by atoms with Crippen LogP contribution in [0, 0.1) is 11.3 Å². The highest BCUT2D eigenvalue weighted by atomic mass is 35.5. The largest absolute Gasteiger partial charge is 0.497 e. The molecule has 0 unspecified atom stereocenters. The highest BCUT2D eigenvalue weighted by Gasteiger charge is 2.18. The number of furan rings is 1. The molecule has 0 saturated carbocycles. The van der Waals surface area contributed by atoms with Gasteiger partial charge in [0.1, 0.15) is 11.3 Å². The maximum atomic E-state index is 12.4. The van der Waals surface area contributed by atoms with Crippen molar-refractivity contribution in [1.29, 1.82) is 5.26 Å². The summed E-state index contributed by atoms with van der Waals surface area (Å²) < 4.78 is 21.5. The molecule has 3 rings (SSSR count). The summed E-state index contributed by atoms with van der Waals surface area (Å²) in [4.78, 5) is 12.4. The molecule has 0 amide bonds. The van der Waals surface area contributed by atoms with Crippen LogP contribution in [0.3, 0.4) is 0 Å². The summed E-state index contributed by atoms with van der Waals surface area (Å²) in [5.74, 6) is 0.478. The van der Waals surface area contributed by atoms with E-state index in [1.807, 2.05) is 12.1 Å². The summed E-state index contributed by atoms with van der Waals surface area (Å²) in [6.45, 7) is 2.12. The molecule has 0 spiro atoms. The quantitative estimate of drug-likeness (QED) is 0.458. The normalized spacial score (nSPS) is 10.4. The molecule has 0 saturated heterocycles. The van der Waals surface area contributed by atoms with Crippen molar-refractivity contribution in [2.75, 3.05) is 13.7 Å². The number of ether oxygens (including phenoxy) is 3. The van der Waals surface area contributed by atoms with Gasteiger partial charge >= 0.3 is 5.97 Å². The first-order chi connectivity index (χ1) is 13.0. The van der Waals surface area contributed by atoms with E-state index in [9.17, 15) is 4.79 Å². The van der Waals surface area contributed by atoms with Crippen LogP contribution in [0.25, 0.3) is 11.0 Å². The molecule has 27 heavy (non-hydrogen) atoms. The van der Waals surface area contributed by atoms with Crippen molar-refractivity contribution in [3.63, 3.8) is 0 Å². The minimum Gasteiger partial charge on any atom is -0.497 e. The number of hydrogen-bond donors (Lipinski definition) is 0. The van der Waals surface area contributed by atoms with E-state index in [2.05, 4.69) is 0 Å². The second-order valence-corrected chi connectivity index (χ2v) is 6.01. The Morgan fingerprint density at radius 2 is 2.11 bits per heavy atom. The summed E-state index contributed by atoms with van der Waals surface area (Å²) in [5.41, 5.74) is 1.61. The van der Waals surface area contributed by atoms with Gasteiger partial charge in [-0.1, -0.05) is 11.6 Å². The van der Waals surface area contributed by atoms with Crippen LogP contribution in [0.1, 0.15) is 18.1 Å². The van der Waals surface area contributed by atoms with E-state index in [0.717, 1.165) is 5.39 Å². The molecular weight excluding hydrogens is 370 g/mol. The monoisotopic (exact) mass is 385 g/mol. The van der Waals surface area contributed by atoms with Crippen LogP contribution in [0.4, 0.5) is 0 Å². The molecule has 3 aromatic rings. The van der Waals surface area contributed by atoms with Crippen molar-refractivity contribution < 1.29 is 23.4 Å². The zero-order valence-corrected chi connectivity index (χ0v) is 15.5. The molecule has 0 N–H and O–H groups in total. The Balaban J connectivity index is 1.83. The topological polar surface area (TPSA) is 81.7 Å². The average Bonchev–Trinajstić information content (AvgIpc) is 3.06. The van der Waals surface area contributed by atoms with E-state index in [0.29, 0.717) is 29.1 Å². The van der Waals surface area contributed by atoms with Crippen LogP contribution in [0.15, 0.2) is 41.0 Å². The maximum absolute atomic E-state index is 12.4. The predicted octanol–water partition coefficient (Wildman–Crippen LogP) is 4.51. The summed E-state index contributed by atoms with van der Waals surface area (Å²) in [7, 11) is 1.57. The smallest absolute Gasteiger partial charge is 0.315 e. The average molecular weight is 386 g/mol. The van der Waals surface area contributed by atoms with Gasteiger partial charge in [0.05, 0.1) is 43.1 Å². The molecule has 138 valence electrons. The van der Waals surface area contributed by atoms with E-state index < -0.39 is 5.97 Å². The zero-order valence-electron chi connectivity index (χ0n) is 14.7. The first-order valence-electron chi connectivity index (χ1n) is 8.17. The van der Waals surface area contributed by atoms with E-state index >= 15 is 0 Å². The molecule has 0 fully saturated rings. The Kier molecular flexibility index (Phi) is 5.53. The van der Waals surface area contributed by atoms with Crippen LogP contribution >= 0.6 is 11.6 Å². The van der Waals surface area contributed by atoms with Gasteiger partial charge in [-0.3, -0.25) is 4.79 Å². The Hall–Kier alpha value is -3.17. The first-order valence-corrected chi connectivity index (χ1v) is 8.54. The van der Waals surface area contributed by atoms with Gasteiger partial charge in [-0.05, 0) is 25.1 Å². The van der Waals surface area contributed by atoms with E-state index in [1.54, 1.807) is 26.2 Å². The van der Waals surface area contributed by atoms with Crippen molar-refractivity contribution in [3.8, 4) is 23.3 Å². The number of nitriles is 1. The predicted molar refractivity (Wildman–Crippen MR) is 99.4 cm³/mol. The lowest BCUT2D eigenvalue weighted by molar-refractivity contribution is -0.133. The number of carbonyl (C=O) groups is 1. The lowest BCUT2D eigenvalue weighted by atomic mass is 10.1. The van der Waals surface area contributed by atoms with Crippen LogP contribution < -0.4 is 14.2 Å². The van der Waals surface area contributed by atoms with Gasteiger partial charge < -0.3 is 18.6 Å². The SMILES string of the molecule is CCOc1cc(C#N)cc(Cl)c1OC(=O)Cc1coc2cc(OC)ccc12. The minimum atomic E-state index is -0.527. The highest BCUT2D eigenvalue weighted by Crippen LogP contribution is 2.37. The highest BCUT2D eigenvalue weighted by molar-refractivity contribution is 6.32. The van der Waals surface area contributed by atoms with Crippen molar-refractivity contribution in [1.82, 2.24) is 0 Å². The molecule has 0 aliphatic carbocycles. The number of benzene rings is 2. The minimum absolute atomic E-state index is 0.0127. The molecule has 6 nitrogen and oxygen atoms in total. The Morgan fingerprint density at radius 1 is 1.30 bits per heavy atom. The lowest BCUT2D eigenvalue weighted by Crippen LogP contribution is -2.12. The fourth-order valence-corrected chi connectivity index (χ4v) is 2.88. The number of halogens is 1. The van der Waals surface area contributed by atoms with Crippen LogP contribution in [0.5, 0.6) is 17.2 Å². The standard InChI is InChI=1S/C20H16ClNO5/c1-3-25-18-7-12(10-22)6-16(21)20(18)27-19(23)8-13-11-26-17-9-14(24-2)4-5-15(13)17/h4-7,9,11H,3,8H2,1-2H3. The van der Waals surface area contributed by atoms with Crippen molar-refractivity contribution in [3.05, 3.63) is 52.7 Å². The first kappa shape index (κ1) is 18.6. The molecule has 1 heterocycles. The second kappa shape index (κ2) is 8.02. The summed E-state index contributed by atoms with van der Waals surface area (Å²) in [5, 5.41) is 9.97. The van der Waals surface area contributed by atoms with Crippen LogP contribution in [-0.4, -0.2) is 19.7 Å². The molecular formula is C20H16ClNO5. The third-order valence-corrected chi connectivity index (χ3v) is 4.13. The molecule has 7 heteroatoms. The molecule has 2 aromatic carbocycles. The maximum Gasteiger partial charge on any atom is 0.315 e. The number of carbonyl (C=O) groups excluding carboxylic acids is 1. The number of esters is 1. The van der Waals surface area contributed by atoms with E-state index in [4.69, 9.17) is 35.5 Å². The summed E-state index contributed by atoms with van der Waals surface area (Å²) >= 11 is 6.16. The third-order valence-electron chi connectivity index (χ3n) is 3.85. The van der Waals surface area contributed by atoms with Crippen LogP contribution in [-0.2, 0) is 11.2 Å². The fraction of sp³-hybridized carbons (Fsp3) is 0.200. The Morgan fingerprint density at radius 3 is 2.81 bits per heavy atom. The summed E-state index contributed by atoms with van der Waals surface area (Å²) in [6.07, 6.45) is 1.50. The van der Waals surface area contributed by atoms with Crippen molar-refractivity contribution in [2.24, 2.45) is 0 Å². The Labute approximate surface area is 160 Å². The van der Waals surface area contributed by atoms with Crippen molar-refractivity contribution in [2.45, 2.75) is 13.3 Å². The van der Waals surface area contributed by atoms with Crippen LogP contribution in [0.2, 0.25) is 5.02 Å². The number of fused-ring (bicyclic) bond motifs is 1. The number of hydrogen-bond acceptors (Lipinski definition) is 6. The third kappa shape index (κ3) is 3.99. The van der Waals surface area contributed by atoms with Gasteiger partial charge in [0.2, 0.25) is 0 Å². The van der Waals surface area contributed by atoms with Gasteiger partial charge in [0.25, 0.3) is 0 Å². The number of methoxy groups -OCH3 is 1. The summed E-state index contributed by atoms with van der Waals surface area (Å²) in [6, 6.07) is 10.2. The fourth-order valence-electron chi connectivity index (χ4n) is 2.63. The van der Waals surface area contributed by atoms with Gasteiger partial charge in [-0.15, -0.1) is 0 Å². The molecule has 0 bridgehead atoms. The van der Waals surface area contributed by atoms with E-state index in [1.165, 1.54) is 18.4 Å². The number of nitrogens with zero attached hydrogens (tertiary/aromatic N) is 1. The second-order valence-electron chi connectivity index (χ2n) is 5.60. The van der Waals surface area contributed by atoms with Gasteiger partial charge in [0, 0.05) is 23.1 Å².